The van der Waals surface area contributed by atoms with E-state index in [0.29, 0.717) is 24.6 Å². The summed E-state index contributed by atoms with van der Waals surface area (Å²) in [5.74, 6) is 0.929. The van der Waals surface area contributed by atoms with Crippen LogP contribution in [-0.2, 0) is 20.0 Å². The Hall–Kier alpha value is -3.03. The summed E-state index contributed by atoms with van der Waals surface area (Å²) >= 11 is 0. The summed E-state index contributed by atoms with van der Waals surface area (Å²) in [7, 11) is 1.48. The number of aromatic nitrogens is 3. The van der Waals surface area contributed by atoms with E-state index in [-0.39, 0.29) is 18.1 Å². The van der Waals surface area contributed by atoms with Crippen LogP contribution in [0, 0.1) is 0 Å². The SMILES string of the molecule is Cn1nc(C(F)F)cc1C(=O)N1CCc2oc(-c3ccccc3)nc2C1. The van der Waals surface area contributed by atoms with Gasteiger partial charge < -0.3 is 9.32 Å². The molecule has 2 aromatic heterocycles. The van der Waals surface area contributed by atoms with Crippen molar-refractivity contribution in [2.45, 2.75) is 19.4 Å². The molecule has 0 saturated carbocycles. The van der Waals surface area contributed by atoms with Gasteiger partial charge in [0.05, 0.1) is 6.54 Å². The molecule has 0 atom stereocenters. The number of amides is 1. The Labute approximate surface area is 148 Å². The van der Waals surface area contributed by atoms with Crippen molar-refractivity contribution in [3.8, 4) is 11.5 Å². The van der Waals surface area contributed by atoms with Crippen molar-refractivity contribution in [3.63, 3.8) is 0 Å². The smallest absolute Gasteiger partial charge is 0.282 e. The molecule has 0 aliphatic carbocycles. The highest BCUT2D eigenvalue weighted by atomic mass is 19.3. The molecule has 6 nitrogen and oxygen atoms in total. The van der Waals surface area contributed by atoms with Gasteiger partial charge in [-0.05, 0) is 18.2 Å². The average molecular weight is 358 g/mol. The maximum absolute atomic E-state index is 12.8. The van der Waals surface area contributed by atoms with E-state index in [9.17, 15) is 13.6 Å². The lowest BCUT2D eigenvalue weighted by Crippen LogP contribution is -2.36. The Kier molecular flexibility index (Phi) is 4.02. The van der Waals surface area contributed by atoms with Gasteiger partial charge in [0.25, 0.3) is 12.3 Å². The highest BCUT2D eigenvalue weighted by Crippen LogP contribution is 2.27. The van der Waals surface area contributed by atoms with Crippen LogP contribution in [0.25, 0.3) is 11.5 Å². The molecule has 0 N–H and O–H groups in total. The van der Waals surface area contributed by atoms with Crippen molar-refractivity contribution in [1.29, 1.82) is 0 Å². The number of benzene rings is 1. The molecular formula is C18H16F2N4O2. The van der Waals surface area contributed by atoms with E-state index in [2.05, 4.69) is 10.1 Å². The van der Waals surface area contributed by atoms with E-state index in [1.807, 2.05) is 30.3 Å². The number of hydrogen-bond acceptors (Lipinski definition) is 4. The molecule has 0 saturated heterocycles. The maximum Gasteiger partial charge on any atom is 0.282 e. The number of carbonyl (C=O) groups excluding carboxylic acids is 1. The lowest BCUT2D eigenvalue weighted by Gasteiger charge is -2.25. The topological polar surface area (TPSA) is 64.2 Å². The molecule has 3 heterocycles. The fraction of sp³-hybridized carbons (Fsp3) is 0.278. The maximum atomic E-state index is 12.8. The van der Waals surface area contributed by atoms with Crippen LogP contribution in [0.5, 0.6) is 0 Å². The zero-order chi connectivity index (χ0) is 18.3. The van der Waals surface area contributed by atoms with Gasteiger partial charge >= 0.3 is 0 Å². The van der Waals surface area contributed by atoms with Crippen LogP contribution < -0.4 is 0 Å². The lowest BCUT2D eigenvalue weighted by molar-refractivity contribution is 0.0716. The Morgan fingerprint density at radius 2 is 2.04 bits per heavy atom. The first-order valence-electron chi connectivity index (χ1n) is 8.18. The third-order valence-electron chi connectivity index (χ3n) is 4.38. The molecule has 1 aliphatic rings. The number of carbonyl (C=O) groups is 1. The summed E-state index contributed by atoms with van der Waals surface area (Å²) < 4.78 is 32.6. The van der Waals surface area contributed by atoms with E-state index in [4.69, 9.17) is 4.42 Å². The molecule has 1 amide bonds. The molecule has 4 rings (SSSR count). The highest BCUT2D eigenvalue weighted by Gasteiger charge is 2.29. The Balaban J connectivity index is 1.57. The second kappa shape index (κ2) is 6.36. The van der Waals surface area contributed by atoms with Crippen molar-refractivity contribution in [2.24, 2.45) is 7.05 Å². The minimum atomic E-state index is -2.71. The van der Waals surface area contributed by atoms with Crippen molar-refractivity contribution >= 4 is 5.91 Å². The zero-order valence-corrected chi connectivity index (χ0v) is 14.0. The van der Waals surface area contributed by atoms with Gasteiger partial charge in [-0.25, -0.2) is 13.8 Å². The largest absolute Gasteiger partial charge is 0.441 e. The lowest BCUT2D eigenvalue weighted by atomic mass is 10.1. The molecule has 134 valence electrons. The number of nitrogens with zero attached hydrogens (tertiary/aromatic N) is 4. The molecule has 1 aliphatic heterocycles. The van der Waals surface area contributed by atoms with Crippen LogP contribution in [0.15, 0.2) is 40.8 Å². The number of hydrogen-bond donors (Lipinski definition) is 0. The molecule has 0 unspecified atom stereocenters. The summed E-state index contributed by atoms with van der Waals surface area (Å²) in [5.41, 5.74) is 1.30. The summed E-state index contributed by atoms with van der Waals surface area (Å²) in [4.78, 5) is 18.8. The van der Waals surface area contributed by atoms with Gasteiger partial charge in [-0.1, -0.05) is 18.2 Å². The predicted octanol–water partition coefficient (Wildman–Crippen LogP) is 3.21. The second-order valence-corrected chi connectivity index (χ2v) is 6.11. The van der Waals surface area contributed by atoms with E-state index in [1.165, 1.54) is 11.7 Å². The predicted molar refractivity (Wildman–Crippen MR) is 88.5 cm³/mol. The van der Waals surface area contributed by atoms with Crippen molar-refractivity contribution < 1.29 is 18.0 Å². The third-order valence-corrected chi connectivity index (χ3v) is 4.38. The minimum absolute atomic E-state index is 0.135. The van der Waals surface area contributed by atoms with Gasteiger partial charge in [-0.15, -0.1) is 0 Å². The number of fused-ring (bicyclic) bond motifs is 1. The summed E-state index contributed by atoms with van der Waals surface area (Å²) in [5, 5.41) is 3.70. The van der Waals surface area contributed by atoms with Crippen LogP contribution in [-0.4, -0.2) is 32.1 Å². The standard InChI is InChI=1S/C18H16F2N4O2/c1-23-14(9-12(22-23)16(19)20)18(25)24-8-7-15-13(10-24)21-17(26-15)11-5-3-2-4-6-11/h2-6,9,16H,7-8,10H2,1H3. The van der Waals surface area contributed by atoms with Crippen LogP contribution in [0.2, 0.25) is 0 Å². The first-order chi connectivity index (χ1) is 12.5. The summed E-state index contributed by atoms with van der Waals surface area (Å²) in [6, 6.07) is 10.7. The normalized spacial score (nSPS) is 13.9. The summed E-state index contributed by atoms with van der Waals surface area (Å²) in [6.45, 7) is 0.712. The number of aryl methyl sites for hydroxylation is 1. The highest BCUT2D eigenvalue weighted by molar-refractivity contribution is 5.92. The molecule has 0 radical (unpaired) electrons. The zero-order valence-electron chi connectivity index (χ0n) is 14.0. The van der Waals surface area contributed by atoms with Crippen LogP contribution in [0.3, 0.4) is 0 Å². The summed E-state index contributed by atoms with van der Waals surface area (Å²) in [6.07, 6.45) is -2.18. The molecule has 0 bridgehead atoms. The van der Waals surface area contributed by atoms with Gasteiger partial charge in [-0.2, -0.15) is 5.10 Å². The Morgan fingerprint density at radius 1 is 1.27 bits per heavy atom. The molecule has 1 aromatic carbocycles. The van der Waals surface area contributed by atoms with Gasteiger partial charge in [0.1, 0.15) is 22.8 Å². The first-order valence-corrected chi connectivity index (χ1v) is 8.18. The Bertz CT molecular complexity index is 950. The molecule has 3 aromatic rings. The van der Waals surface area contributed by atoms with E-state index < -0.39 is 12.1 Å². The quantitative estimate of drug-likeness (QED) is 0.721. The van der Waals surface area contributed by atoms with Gasteiger partial charge in [0.2, 0.25) is 5.89 Å². The van der Waals surface area contributed by atoms with Gasteiger partial charge in [0, 0.05) is 25.6 Å². The number of oxazole rings is 1. The third kappa shape index (κ3) is 2.87. The molecular weight excluding hydrogens is 342 g/mol. The van der Waals surface area contributed by atoms with Crippen LogP contribution in [0.4, 0.5) is 8.78 Å². The van der Waals surface area contributed by atoms with Gasteiger partial charge in [-0.3, -0.25) is 9.48 Å². The van der Waals surface area contributed by atoms with Crippen LogP contribution >= 0.6 is 0 Å². The molecule has 8 heteroatoms. The number of alkyl halides is 2. The monoisotopic (exact) mass is 358 g/mol. The molecule has 0 fully saturated rings. The van der Waals surface area contributed by atoms with Gasteiger partial charge in [0.15, 0.2) is 0 Å². The molecule has 0 spiro atoms. The number of rotatable bonds is 3. The molecule has 26 heavy (non-hydrogen) atoms. The Morgan fingerprint density at radius 3 is 2.73 bits per heavy atom. The first kappa shape index (κ1) is 16.4. The van der Waals surface area contributed by atoms with Crippen molar-refractivity contribution in [1.82, 2.24) is 19.7 Å². The second-order valence-electron chi connectivity index (χ2n) is 6.11. The number of halogens is 2. The van der Waals surface area contributed by atoms with Crippen molar-refractivity contribution in [3.05, 3.63) is 59.2 Å². The van der Waals surface area contributed by atoms with Crippen molar-refractivity contribution in [2.75, 3.05) is 6.54 Å². The fourth-order valence-corrected chi connectivity index (χ4v) is 3.03. The van der Waals surface area contributed by atoms with Crippen LogP contribution in [0.1, 0.15) is 34.1 Å². The fourth-order valence-electron chi connectivity index (χ4n) is 3.03. The van der Waals surface area contributed by atoms with E-state index >= 15 is 0 Å². The van der Waals surface area contributed by atoms with E-state index in [1.54, 1.807) is 4.90 Å². The minimum Gasteiger partial charge on any atom is -0.441 e. The van der Waals surface area contributed by atoms with E-state index in [0.717, 1.165) is 17.4 Å². The average Bonchev–Trinajstić information content (AvgIpc) is 3.25.